The molecule has 362 valence electrons. The number of rotatable bonds is 8. The molecule has 0 saturated heterocycles. The molecule has 0 bridgehead atoms. The summed E-state index contributed by atoms with van der Waals surface area (Å²) in [5.41, 5.74) is 17.4. The second-order valence-electron chi connectivity index (χ2n) is 20.6. The summed E-state index contributed by atoms with van der Waals surface area (Å²) >= 11 is 0. The Morgan fingerprint density at radius 3 is 1.55 bits per heavy atom. The van der Waals surface area contributed by atoms with Crippen molar-refractivity contribution < 1.29 is 8.98 Å². The van der Waals surface area contributed by atoms with Gasteiger partial charge in [-0.05, 0) is 106 Å². The number of hydrogen-bond donors (Lipinski definition) is 0. The van der Waals surface area contributed by atoms with Gasteiger partial charge < -0.3 is 4.42 Å². The Labute approximate surface area is 439 Å². The van der Waals surface area contributed by atoms with Gasteiger partial charge in [-0.3, -0.25) is 9.13 Å². The van der Waals surface area contributed by atoms with Crippen molar-refractivity contribution in [2.45, 2.75) is 45.1 Å². The van der Waals surface area contributed by atoms with Crippen LogP contribution in [0.3, 0.4) is 0 Å². The Balaban J connectivity index is 0.983. The highest BCUT2D eigenvalue weighted by atomic mass is 16.3. The minimum atomic E-state index is -0.0161. The number of pyridine rings is 1. The van der Waals surface area contributed by atoms with E-state index in [-0.39, 0.29) is 5.54 Å². The first-order chi connectivity index (χ1) is 37.4. The Morgan fingerprint density at radius 2 is 0.947 bits per heavy atom. The van der Waals surface area contributed by atoms with Gasteiger partial charge in [0.15, 0.2) is 17.6 Å². The minimum absolute atomic E-state index is 0.0161. The molecular formula is C69H51N6O+. The smallest absolute Gasteiger partial charge is 0.240 e. The largest absolute Gasteiger partial charge is 0.456 e. The molecule has 5 aromatic heterocycles. The summed E-state index contributed by atoms with van der Waals surface area (Å²) in [7, 11) is 0. The topological polar surface area (TPSA) is 65.5 Å². The molecule has 15 rings (SSSR count). The highest BCUT2D eigenvalue weighted by Gasteiger charge is 2.48. The number of hydrogen-bond acceptors (Lipinski definition) is 4. The average Bonchev–Trinajstić information content (AvgIpc) is 4.25. The molecule has 0 spiro atoms. The number of fused-ring (bicyclic) bond motifs is 12. The van der Waals surface area contributed by atoms with Gasteiger partial charge in [0.05, 0.1) is 27.6 Å². The molecule has 7 heteroatoms. The fraction of sp³-hybridized carbons (Fsp3) is 0.101. The molecule has 9 aromatic carbocycles. The van der Waals surface area contributed by atoms with Crippen molar-refractivity contribution >= 4 is 65.6 Å². The molecule has 0 N–H and O–H groups in total. The third-order valence-corrected chi connectivity index (χ3v) is 16.6. The first-order valence-electron chi connectivity index (χ1n) is 26.5. The summed E-state index contributed by atoms with van der Waals surface area (Å²) < 4.78 is 13.6. The summed E-state index contributed by atoms with van der Waals surface area (Å²) in [6.07, 6.45) is 4.39. The predicted octanol–water partition coefficient (Wildman–Crippen LogP) is 17.2. The zero-order chi connectivity index (χ0) is 50.6. The molecule has 2 atom stereocenters. The lowest BCUT2D eigenvalue weighted by Crippen LogP contribution is -2.60. The van der Waals surface area contributed by atoms with Crippen molar-refractivity contribution in [1.82, 2.24) is 24.1 Å². The van der Waals surface area contributed by atoms with E-state index in [1.54, 1.807) is 0 Å². The van der Waals surface area contributed by atoms with Crippen LogP contribution in [0.1, 0.15) is 45.1 Å². The SMILES string of the molecule is CCC1c2ccc(-c3ccc4c(c3)c3cc5c(cc3n4-c3nc(-c4ccccc4)nc(-n4c6ccc(-c7ccccc7)cc6c6cc(-c7ccccc7)ccc64)n3)oc3ccccc35)cc2-c2cccc[n+]2C1(C)CC. The number of nitrogens with zero attached hydrogens (tertiary/aromatic N) is 6. The van der Waals surface area contributed by atoms with Crippen LogP contribution in [0.15, 0.2) is 229 Å². The third-order valence-electron chi connectivity index (χ3n) is 16.6. The van der Waals surface area contributed by atoms with Gasteiger partial charge in [0.1, 0.15) is 11.2 Å². The summed E-state index contributed by atoms with van der Waals surface area (Å²) in [4.78, 5) is 16.4. The second kappa shape index (κ2) is 17.0. The maximum Gasteiger partial charge on any atom is 0.240 e. The molecular weight excluding hydrogens is 929 g/mol. The van der Waals surface area contributed by atoms with E-state index in [9.17, 15) is 0 Å². The van der Waals surface area contributed by atoms with Gasteiger partial charge in [0.25, 0.3) is 0 Å². The van der Waals surface area contributed by atoms with Crippen molar-refractivity contribution in [3.05, 3.63) is 230 Å². The highest BCUT2D eigenvalue weighted by Crippen LogP contribution is 2.47. The molecule has 6 heterocycles. The second-order valence-corrected chi connectivity index (χ2v) is 20.6. The van der Waals surface area contributed by atoms with Crippen LogP contribution in [0.2, 0.25) is 0 Å². The van der Waals surface area contributed by atoms with Gasteiger partial charge in [0.2, 0.25) is 17.6 Å². The van der Waals surface area contributed by atoms with E-state index in [4.69, 9.17) is 19.4 Å². The molecule has 0 fully saturated rings. The van der Waals surface area contributed by atoms with Gasteiger partial charge >= 0.3 is 0 Å². The zero-order valence-electron chi connectivity index (χ0n) is 42.4. The lowest BCUT2D eigenvalue weighted by molar-refractivity contribution is -0.758. The van der Waals surface area contributed by atoms with Crippen LogP contribution in [-0.2, 0) is 5.54 Å². The van der Waals surface area contributed by atoms with E-state index in [1.807, 2.05) is 30.3 Å². The van der Waals surface area contributed by atoms with Gasteiger partial charge in [0, 0.05) is 75.3 Å². The van der Waals surface area contributed by atoms with Crippen molar-refractivity contribution in [3.8, 4) is 67.9 Å². The van der Waals surface area contributed by atoms with Gasteiger partial charge in [-0.25, -0.2) is 0 Å². The maximum absolute atomic E-state index is 6.65. The highest BCUT2D eigenvalue weighted by molar-refractivity contribution is 6.18. The van der Waals surface area contributed by atoms with Crippen LogP contribution in [0.4, 0.5) is 0 Å². The molecule has 2 unspecified atom stereocenters. The molecule has 1 aliphatic rings. The van der Waals surface area contributed by atoms with Crippen LogP contribution in [0, 0.1) is 0 Å². The molecule has 0 saturated carbocycles. The van der Waals surface area contributed by atoms with Crippen LogP contribution < -0.4 is 4.57 Å². The lowest BCUT2D eigenvalue weighted by Gasteiger charge is -2.37. The zero-order valence-corrected chi connectivity index (χ0v) is 42.4. The predicted molar refractivity (Wildman–Crippen MR) is 310 cm³/mol. The molecule has 0 amide bonds. The number of benzene rings is 9. The van der Waals surface area contributed by atoms with E-state index in [0.717, 1.165) is 112 Å². The normalized spacial score (nSPS) is 15.3. The Kier molecular flexibility index (Phi) is 9.88. The lowest BCUT2D eigenvalue weighted by atomic mass is 9.71. The number of furan rings is 1. The van der Waals surface area contributed by atoms with Crippen molar-refractivity contribution in [1.29, 1.82) is 0 Å². The monoisotopic (exact) mass is 979 g/mol. The Hall–Kier alpha value is -9.46. The fourth-order valence-electron chi connectivity index (χ4n) is 12.7. The maximum atomic E-state index is 6.65. The molecule has 76 heavy (non-hydrogen) atoms. The van der Waals surface area contributed by atoms with Crippen molar-refractivity contribution in [2.75, 3.05) is 0 Å². The van der Waals surface area contributed by atoms with Crippen LogP contribution in [0.25, 0.3) is 133 Å². The minimum Gasteiger partial charge on any atom is -0.456 e. The van der Waals surface area contributed by atoms with Crippen LogP contribution in [0.5, 0.6) is 0 Å². The summed E-state index contributed by atoms with van der Waals surface area (Å²) in [6, 6.07) is 78.4. The average molecular weight is 980 g/mol. The first-order valence-corrected chi connectivity index (χ1v) is 26.5. The molecule has 1 aliphatic heterocycles. The number of para-hydroxylation sites is 1. The van der Waals surface area contributed by atoms with Crippen molar-refractivity contribution in [3.63, 3.8) is 0 Å². The Bertz CT molecular complexity index is 4530. The Morgan fingerprint density at radius 1 is 0.434 bits per heavy atom. The third kappa shape index (κ3) is 6.68. The van der Waals surface area contributed by atoms with Crippen molar-refractivity contribution in [2.24, 2.45) is 0 Å². The van der Waals surface area contributed by atoms with Gasteiger partial charge in [-0.1, -0.05) is 153 Å². The molecule has 14 aromatic rings. The molecule has 0 aliphatic carbocycles. The van der Waals surface area contributed by atoms with E-state index < -0.39 is 0 Å². The van der Waals surface area contributed by atoms with E-state index in [2.05, 4.69) is 229 Å². The van der Waals surface area contributed by atoms with Gasteiger partial charge in [-0.2, -0.15) is 19.5 Å². The van der Waals surface area contributed by atoms with Gasteiger partial charge in [-0.15, -0.1) is 0 Å². The number of aromatic nitrogens is 6. The standard InChI is InChI=1S/C69H51N6O/c1-4-58-50-32-28-48(39-52(50)59-26-17-18-36-73(59)69(58,3)5-2)49-31-35-62-55(40-49)56-41-57-51-25-15-16-27-64(51)76-65(57)42-63(56)75(62)68-71-66(45-23-13-8-14-24-45)70-67(72-68)74-60-33-29-46(43-19-9-6-10-20-43)37-53(60)54-38-47(30-34-61(54)74)44-21-11-7-12-22-44/h6-42,58H,4-5H2,1-3H3/q+1. The first kappa shape index (κ1) is 44.1. The molecule has 7 nitrogen and oxygen atoms in total. The van der Waals surface area contributed by atoms with Crippen LogP contribution in [-0.4, -0.2) is 24.1 Å². The van der Waals surface area contributed by atoms with Crippen LogP contribution >= 0.6 is 0 Å². The summed E-state index contributed by atoms with van der Waals surface area (Å²) in [6.45, 7) is 7.08. The van der Waals surface area contributed by atoms with E-state index in [1.165, 1.54) is 22.4 Å². The summed E-state index contributed by atoms with van der Waals surface area (Å²) in [5, 5.41) is 6.56. The van der Waals surface area contributed by atoms with E-state index >= 15 is 0 Å². The fourth-order valence-corrected chi connectivity index (χ4v) is 12.7. The quantitative estimate of drug-likeness (QED) is 0.142. The summed E-state index contributed by atoms with van der Waals surface area (Å²) in [5.74, 6) is 2.00. The molecule has 0 radical (unpaired) electrons. The van der Waals surface area contributed by atoms with E-state index in [0.29, 0.717) is 23.6 Å².